The van der Waals surface area contributed by atoms with Crippen LogP contribution >= 0.6 is 11.6 Å². The zero-order chi connectivity index (χ0) is 15.2. The van der Waals surface area contributed by atoms with Gasteiger partial charge < -0.3 is 5.32 Å². The molecule has 1 N–H and O–H groups in total. The van der Waals surface area contributed by atoms with Crippen molar-refractivity contribution in [3.63, 3.8) is 0 Å². The Morgan fingerprint density at radius 3 is 2.76 bits per heavy atom. The molecule has 21 heavy (non-hydrogen) atoms. The lowest BCUT2D eigenvalue weighted by Gasteiger charge is -2.17. The van der Waals surface area contributed by atoms with Gasteiger partial charge in [0.05, 0.1) is 0 Å². The lowest BCUT2D eigenvalue weighted by atomic mass is 9.96. The van der Waals surface area contributed by atoms with Crippen LogP contribution in [0.25, 0.3) is 5.57 Å². The van der Waals surface area contributed by atoms with Crippen molar-refractivity contribution in [2.45, 2.75) is 13.8 Å². The van der Waals surface area contributed by atoms with Crippen molar-refractivity contribution in [3.8, 4) is 0 Å². The quantitative estimate of drug-likeness (QED) is 0.676. The van der Waals surface area contributed by atoms with E-state index in [9.17, 15) is 4.79 Å². The van der Waals surface area contributed by atoms with Crippen LogP contribution in [0.3, 0.4) is 0 Å². The third kappa shape index (κ3) is 3.28. The smallest absolute Gasteiger partial charge is 0.195 e. The molecule has 2 aromatic rings. The van der Waals surface area contributed by atoms with Crippen LogP contribution in [0.5, 0.6) is 0 Å². The van der Waals surface area contributed by atoms with Crippen LogP contribution in [0.15, 0.2) is 42.7 Å². The molecule has 0 saturated heterocycles. The Bertz CT molecular complexity index is 665. The van der Waals surface area contributed by atoms with E-state index < -0.39 is 0 Å². The van der Waals surface area contributed by atoms with Crippen molar-refractivity contribution in [2.75, 3.05) is 11.9 Å². The van der Waals surface area contributed by atoms with E-state index in [0.717, 1.165) is 11.4 Å². The van der Waals surface area contributed by atoms with E-state index in [2.05, 4.69) is 15.3 Å². The summed E-state index contributed by atoms with van der Waals surface area (Å²) in [5.41, 5.74) is 1.98. The highest BCUT2D eigenvalue weighted by Crippen LogP contribution is 2.27. The van der Waals surface area contributed by atoms with Crippen LogP contribution in [-0.4, -0.2) is 22.3 Å². The maximum Gasteiger partial charge on any atom is 0.195 e. The molecule has 3 rings (SSSR count). The van der Waals surface area contributed by atoms with Crippen molar-refractivity contribution < 1.29 is 4.79 Å². The average Bonchev–Trinajstić information content (AvgIpc) is 2.56. The standard InChI is InChI=1S/C14H10ClN3O.C2H6/c15-12-4-3-9(8-18-12)13(19)10-5-7-17-14-11(10)2-1-6-16-14;1-2/h1-6,8H,7H2,(H,16,17);1-2H3. The van der Waals surface area contributed by atoms with Gasteiger partial charge in [-0.1, -0.05) is 31.5 Å². The summed E-state index contributed by atoms with van der Waals surface area (Å²) in [5, 5.41) is 3.50. The Morgan fingerprint density at radius 1 is 1.24 bits per heavy atom. The van der Waals surface area contributed by atoms with Gasteiger partial charge >= 0.3 is 0 Å². The number of hydrogen-bond acceptors (Lipinski definition) is 4. The van der Waals surface area contributed by atoms with Gasteiger partial charge in [-0.3, -0.25) is 4.79 Å². The number of halogens is 1. The second kappa shape index (κ2) is 6.99. The molecule has 0 aromatic carbocycles. The molecule has 3 heterocycles. The zero-order valence-electron chi connectivity index (χ0n) is 11.9. The third-order valence-electron chi connectivity index (χ3n) is 2.91. The molecule has 2 aromatic heterocycles. The minimum absolute atomic E-state index is 0.0695. The summed E-state index contributed by atoms with van der Waals surface area (Å²) < 4.78 is 0. The van der Waals surface area contributed by atoms with E-state index in [-0.39, 0.29) is 5.78 Å². The minimum atomic E-state index is -0.0695. The van der Waals surface area contributed by atoms with Crippen LogP contribution in [0.4, 0.5) is 5.82 Å². The van der Waals surface area contributed by atoms with Crippen molar-refractivity contribution in [1.29, 1.82) is 0 Å². The molecule has 0 bridgehead atoms. The van der Waals surface area contributed by atoms with Gasteiger partial charge in [-0.25, -0.2) is 9.97 Å². The summed E-state index contributed by atoms with van der Waals surface area (Å²) in [6, 6.07) is 6.98. The largest absolute Gasteiger partial charge is 0.366 e. The molecule has 4 nitrogen and oxygen atoms in total. The number of nitrogens with one attached hydrogen (secondary N) is 1. The fraction of sp³-hybridized carbons (Fsp3) is 0.188. The number of hydrogen-bond donors (Lipinski definition) is 1. The topological polar surface area (TPSA) is 54.9 Å². The molecule has 0 fully saturated rings. The maximum absolute atomic E-state index is 12.5. The van der Waals surface area contributed by atoms with Gasteiger partial charge in [0.25, 0.3) is 0 Å². The van der Waals surface area contributed by atoms with Crippen molar-refractivity contribution in [1.82, 2.24) is 9.97 Å². The number of rotatable bonds is 2. The number of allylic oxidation sites excluding steroid dienone is 1. The van der Waals surface area contributed by atoms with Gasteiger partial charge in [0.15, 0.2) is 5.78 Å². The number of carbonyl (C=O) groups is 1. The number of Topliss-reactive ketones (excluding diaryl/α,β-unsaturated/α-hetero) is 1. The van der Waals surface area contributed by atoms with Crippen LogP contribution in [0.2, 0.25) is 5.15 Å². The molecule has 0 amide bonds. The molecule has 1 aliphatic rings. The highest BCUT2D eigenvalue weighted by Gasteiger charge is 2.20. The van der Waals surface area contributed by atoms with E-state index in [1.807, 2.05) is 32.1 Å². The molecule has 0 spiro atoms. The number of anilines is 1. The minimum Gasteiger partial charge on any atom is -0.366 e. The van der Waals surface area contributed by atoms with Gasteiger partial charge in [-0.15, -0.1) is 0 Å². The predicted octanol–water partition coefficient (Wildman–Crippen LogP) is 3.85. The third-order valence-corrected chi connectivity index (χ3v) is 3.13. The van der Waals surface area contributed by atoms with E-state index in [0.29, 0.717) is 22.8 Å². The first-order valence-electron chi connectivity index (χ1n) is 6.81. The molecule has 0 saturated carbocycles. The van der Waals surface area contributed by atoms with Crippen molar-refractivity contribution in [2.24, 2.45) is 0 Å². The second-order valence-electron chi connectivity index (χ2n) is 4.10. The first-order chi connectivity index (χ1) is 10.3. The number of ketones is 1. The molecule has 0 aliphatic carbocycles. The Kier molecular flexibility index (Phi) is 5.06. The Hall–Kier alpha value is -2.20. The summed E-state index contributed by atoms with van der Waals surface area (Å²) in [4.78, 5) is 20.6. The lowest BCUT2D eigenvalue weighted by molar-refractivity contribution is 0.105. The van der Waals surface area contributed by atoms with Gasteiger partial charge in [0.1, 0.15) is 11.0 Å². The average molecular weight is 302 g/mol. The summed E-state index contributed by atoms with van der Waals surface area (Å²) in [7, 11) is 0. The van der Waals surface area contributed by atoms with Crippen LogP contribution in [0.1, 0.15) is 29.8 Å². The van der Waals surface area contributed by atoms with Gasteiger partial charge in [0.2, 0.25) is 0 Å². The molecule has 108 valence electrons. The fourth-order valence-corrected chi connectivity index (χ4v) is 2.12. The molecular weight excluding hydrogens is 286 g/mol. The SMILES string of the molecule is CC.O=C(C1=CCNc2ncccc21)c1ccc(Cl)nc1. The van der Waals surface area contributed by atoms with Crippen LogP contribution < -0.4 is 5.32 Å². The Labute approximate surface area is 128 Å². The fourth-order valence-electron chi connectivity index (χ4n) is 2.00. The molecule has 0 radical (unpaired) electrons. The van der Waals surface area contributed by atoms with E-state index in [4.69, 9.17) is 11.6 Å². The maximum atomic E-state index is 12.5. The molecular formula is C16H16ClN3O. The van der Waals surface area contributed by atoms with Crippen LogP contribution in [-0.2, 0) is 0 Å². The number of aromatic nitrogens is 2. The van der Waals surface area contributed by atoms with Gasteiger partial charge in [-0.05, 0) is 24.3 Å². The van der Waals surface area contributed by atoms with Gasteiger partial charge in [0, 0.05) is 35.6 Å². The first kappa shape index (κ1) is 15.2. The normalized spacial score (nSPS) is 12.2. The van der Waals surface area contributed by atoms with Gasteiger partial charge in [-0.2, -0.15) is 0 Å². The van der Waals surface area contributed by atoms with E-state index >= 15 is 0 Å². The molecule has 1 aliphatic heterocycles. The lowest BCUT2D eigenvalue weighted by Crippen LogP contribution is -2.14. The summed E-state index contributed by atoms with van der Waals surface area (Å²) in [5.74, 6) is 0.662. The summed E-state index contributed by atoms with van der Waals surface area (Å²) in [6.07, 6.45) is 5.05. The summed E-state index contributed by atoms with van der Waals surface area (Å²) in [6.45, 7) is 4.59. The number of pyridine rings is 2. The predicted molar refractivity (Wildman–Crippen MR) is 85.6 cm³/mol. The van der Waals surface area contributed by atoms with Crippen molar-refractivity contribution >= 4 is 28.8 Å². The Balaban J connectivity index is 0.000000774. The van der Waals surface area contributed by atoms with E-state index in [1.54, 1.807) is 18.3 Å². The van der Waals surface area contributed by atoms with Crippen molar-refractivity contribution in [3.05, 3.63) is 59.0 Å². The molecule has 0 unspecified atom stereocenters. The van der Waals surface area contributed by atoms with E-state index in [1.165, 1.54) is 6.20 Å². The molecule has 0 atom stereocenters. The summed E-state index contributed by atoms with van der Waals surface area (Å²) >= 11 is 5.73. The highest BCUT2D eigenvalue weighted by atomic mass is 35.5. The highest BCUT2D eigenvalue weighted by molar-refractivity contribution is 6.31. The zero-order valence-corrected chi connectivity index (χ0v) is 12.7. The first-order valence-corrected chi connectivity index (χ1v) is 7.19. The Morgan fingerprint density at radius 2 is 2.05 bits per heavy atom. The number of fused-ring (bicyclic) bond motifs is 1. The van der Waals surface area contributed by atoms with Crippen LogP contribution in [0, 0.1) is 0 Å². The molecule has 5 heteroatoms. The second-order valence-corrected chi connectivity index (χ2v) is 4.48. The number of nitrogens with zero attached hydrogens (tertiary/aromatic N) is 2. The number of carbonyl (C=O) groups excluding carboxylic acids is 1. The monoisotopic (exact) mass is 301 g/mol.